The third-order valence-corrected chi connectivity index (χ3v) is 3.55. The van der Waals surface area contributed by atoms with Crippen molar-refractivity contribution in [2.24, 2.45) is 5.41 Å². The molecule has 110 valence electrons. The van der Waals surface area contributed by atoms with Gasteiger partial charge in [-0.2, -0.15) is 0 Å². The van der Waals surface area contributed by atoms with Crippen LogP contribution in [0.1, 0.15) is 25.2 Å². The Morgan fingerprint density at radius 2 is 1.90 bits per heavy atom. The summed E-state index contributed by atoms with van der Waals surface area (Å²) in [4.78, 5) is 2.24. The number of fused-ring (bicyclic) bond motifs is 1. The number of hydrogen-bond donors (Lipinski definition) is 1. The number of furan rings is 1. The molecule has 2 aromatic rings. The maximum Gasteiger partial charge on any atom is 0.134 e. The van der Waals surface area contributed by atoms with Gasteiger partial charge in [0.05, 0.1) is 0 Å². The molecule has 0 atom stereocenters. The third kappa shape index (κ3) is 3.62. The van der Waals surface area contributed by atoms with Gasteiger partial charge < -0.3 is 14.6 Å². The molecule has 2 rings (SSSR count). The fourth-order valence-corrected chi connectivity index (χ4v) is 2.88. The van der Waals surface area contributed by atoms with Crippen molar-refractivity contribution in [3.63, 3.8) is 0 Å². The lowest BCUT2D eigenvalue weighted by molar-refractivity contribution is 0.232. The topological polar surface area (TPSA) is 28.4 Å². The fraction of sp³-hybridized carbons (Fsp3) is 0.529. The van der Waals surface area contributed by atoms with Gasteiger partial charge in [-0.3, -0.25) is 0 Å². The van der Waals surface area contributed by atoms with Gasteiger partial charge in [0.1, 0.15) is 11.3 Å². The highest BCUT2D eigenvalue weighted by Crippen LogP contribution is 2.25. The second kappa shape index (κ2) is 5.98. The Bertz CT molecular complexity index is 569. The summed E-state index contributed by atoms with van der Waals surface area (Å²) in [6, 6.07) is 8.25. The van der Waals surface area contributed by atoms with Crippen molar-refractivity contribution >= 4 is 11.0 Å². The van der Waals surface area contributed by atoms with Gasteiger partial charge in [-0.05, 0) is 32.5 Å². The number of rotatable bonds is 6. The second-order valence-corrected chi connectivity index (χ2v) is 6.64. The quantitative estimate of drug-likeness (QED) is 0.875. The predicted molar refractivity (Wildman–Crippen MR) is 85.0 cm³/mol. The summed E-state index contributed by atoms with van der Waals surface area (Å²) in [6.45, 7) is 9.55. The molecule has 0 bridgehead atoms. The van der Waals surface area contributed by atoms with Crippen molar-refractivity contribution in [3.05, 3.63) is 35.6 Å². The zero-order chi connectivity index (χ0) is 14.8. The van der Waals surface area contributed by atoms with Gasteiger partial charge in [0.15, 0.2) is 0 Å². The van der Waals surface area contributed by atoms with Crippen LogP contribution < -0.4 is 5.32 Å². The number of aryl methyl sites for hydroxylation is 1. The molecule has 0 amide bonds. The lowest BCUT2D eigenvalue weighted by atomic mass is 9.93. The van der Waals surface area contributed by atoms with E-state index >= 15 is 0 Å². The molecular weight excluding hydrogens is 248 g/mol. The van der Waals surface area contributed by atoms with E-state index in [-0.39, 0.29) is 5.41 Å². The summed E-state index contributed by atoms with van der Waals surface area (Å²) in [5.41, 5.74) is 2.52. The van der Waals surface area contributed by atoms with E-state index in [4.69, 9.17) is 4.42 Å². The molecule has 0 aliphatic carbocycles. The van der Waals surface area contributed by atoms with Gasteiger partial charge in [-0.1, -0.05) is 32.0 Å². The van der Waals surface area contributed by atoms with Crippen molar-refractivity contribution in [3.8, 4) is 0 Å². The number of para-hydroxylation sites is 1. The second-order valence-electron chi connectivity index (χ2n) is 6.64. The van der Waals surface area contributed by atoms with Gasteiger partial charge in [-0.15, -0.1) is 0 Å². The van der Waals surface area contributed by atoms with E-state index in [1.165, 1.54) is 10.9 Å². The van der Waals surface area contributed by atoms with Crippen LogP contribution in [0.4, 0.5) is 0 Å². The molecule has 0 aliphatic rings. The normalized spacial score (nSPS) is 12.5. The van der Waals surface area contributed by atoms with Crippen molar-refractivity contribution in [2.75, 3.05) is 27.2 Å². The van der Waals surface area contributed by atoms with Crippen LogP contribution in [-0.4, -0.2) is 32.1 Å². The summed E-state index contributed by atoms with van der Waals surface area (Å²) in [5, 5.41) is 4.80. The monoisotopic (exact) mass is 274 g/mol. The first-order valence-corrected chi connectivity index (χ1v) is 7.21. The number of hydrogen-bond acceptors (Lipinski definition) is 3. The maximum atomic E-state index is 5.80. The van der Waals surface area contributed by atoms with Crippen LogP contribution in [0.15, 0.2) is 28.7 Å². The van der Waals surface area contributed by atoms with Gasteiger partial charge in [0.2, 0.25) is 0 Å². The van der Waals surface area contributed by atoms with Crippen molar-refractivity contribution in [2.45, 2.75) is 27.3 Å². The molecule has 0 radical (unpaired) electrons. The molecule has 0 unspecified atom stereocenters. The molecule has 0 fully saturated rings. The standard InChI is InChI=1S/C17H26N2O/c1-13-15(14-8-6-7-9-16(14)20-13)10-18-11-17(2,3)12-19(4)5/h6-9,18H,10-12H2,1-5H3. The molecule has 0 saturated heterocycles. The first kappa shape index (κ1) is 15.1. The Labute approximate surface area is 122 Å². The zero-order valence-corrected chi connectivity index (χ0v) is 13.3. The minimum Gasteiger partial charge on any atom is -0.461 e. The molecule has 0 saturated carbocycles. The highest BCUT2D eigenvalue weighted by Gasteiger charge is 2.19. The van der Waals surface area contributed by atoms with Gasteiger partial charge in [-0.25, -0.2) is 0 Å². The molecule has 0 aliphatic heterocycles. The molecule has 1 N–H and O–H groups in total. The molecular formula is C17H26N2O. The maximum absolute atomic E-state index is 5.80. The highest BCUT2D eigenvalue weighted by molar-refractivity contribution is 5.82. The summed E-state index contributed by atoms with van der Waals surface area (Å²) < 4.78 is 5.80. The average molecular weight is 274 g/mol. The van der Waals surface area contributed by atoms with Gasteiger partial charge in [0.25, 0.3) is 0 Å². The van der Waals surface area contributed by atoms with Crippen LogP contribution in [0.3, 0.4) is 0 Å². The Morgan fingerprint density at radius 1 is 1.20 bits per heavy atom. The molecule has 20 heavy (non-hydrogen) atoms. The molecule has 1 aromatic carbocycles. The van der Waals surface area contributed by atoms with Crippen molar-refractivity contribution < 1.29 is 4.42 Å². The molecule has 0 spiro atoms. The van der Waals surface area contributed by atoms with Gasteiger partial charge in [0, 0.05) is 30.6 Å². The molecule has 1 aromatic heterocycles. The van der Waals surface area contributed by atoms with Crippen LogP contribution in [0.25, 0.3) is 11.0 Å². The first-order chi connectivity index (χ1) is 9.39. The van der Waals surface area contributed by atoms with Crippen LogP contribution in [0.5, 0.6) is 0 Å². The largest absolute Gasteiger partial charge is 0.461 e. The Balaban J connectivity index is 2.01. The van der Waals surface area contributed by atoms with E-state index in [0.29, 0.717) is 0 Å². The van der Waals surface area contributed by atoms with Crippen LogP contribution >= 0.6 is 0 Å². The van der Waals surface area contributed by atoms with E-state index in [1.807, 2.05) is 19.1 Å². The summed E-state index contributed by atoms with van der Waals surface area (Å²) in [7, 11) is 4.24. The fourth-order valence-electron chi connectivity index (χ4n) is 2.88. The van der Waals surface area contributed by atoms with Crippen molar-refractivity contribution in [1.82, 2.24) is 10.2 Å². The highest BCUT2D eigenvalue weighted by atomic mass is 16.3. The van der Waals surface area contributed by atoms with E-state index in [9.17, 15) is 0 Å². The van der Waals surface area contributed by atoms with Crippen LogP contribution in [0, 0.1) is 12.3 Å². The Hall–Kier alpha value is -1.32. The third-order valence-electron chi connectivity index (χ3n) is 3.55. The lowest BCUT2D eigenvalue weighted by Gasteiger charge is -2.28. The molecule has 3 heteroatoms. The molecule has 3 nitrogen and oxygen atoms in total. The Morgan fingerprint density at radius 3 is 2.60 bits per heavy atom. The summed E-state index contributed by atoms with van der Waals surface area (Å²) in [5.74, 6) is 1.02. The molecule has 1 heterocycles. The SMILES string of the molecule is Cc1oc2ccccc2c1CNCC(C)(C)CN(C)C. The minimum atomic E-state index is 0.261. The number of benzene rings is 1. The average Bonchev–Trinajstić information content (AvgIpc) is 2.64. The van der Waals surface area contributed by atoms with Crippen LogP contribution in [-0.2, 0) is 6.54 Å². The predicted octanol–water partition coefficient (Wildman–Crippen LogP) is 3.42. The number of nitrogens with zero attached hydrogens (tertiary/aromatic N) is 1. The first-order valence-electron chi connectivity index (χ1n) is 7.21. The zero-order valence-electron chi connectivity index (χ0n) is 13.3. The van der Waals surface area contributed by atoms with E-state index in [0.717, 1.165) is 31.0 Å². The van der Waals surface area contributed by atoms with E-state index < -0.39 is 0 Å². The summed E-state index contributed by atoms with van der Waals surface area (Å²) in [6.07, 6.45) is 0. The van der Waals surface area contributed by atoms with Crippen LogP contribution in [0.2, 0.25) is 0 Å². The minimum absolute atomic E-state index is 0.261. The van der Waals surface area contributed by atoms with Crippen molar-refractivity contribution in [1.29, 1.82) is 0 Å². The number of nitrogens with one attached hydrogen (secondary N) is 1. The lowest BCUT2D eigenvalue weighted by Crippen LogP contribution is -2.37. The van der Waals surface area contributed by atoms with E-state index in [2.05, 4.69) is 50.3 Å². The van der Waals surface area contributed by atoms with Gasteiger partial charge >= 0.3 is 0 Å². The van der Waals surface area contributed by atoms with E-state index in [1.54, 1.807) is 0 Å². The summed E-state index contributed by atoms with van der Waals surface area (Å²) >= 11 is 0. The Kier molecular flexibility index (Phi) is 4.51. The smallest absolute Gasteiger partial charge is 0.134 e.